The number of carbonyl (C=O) groups excluding carboxylic acids is 2. The van der Waals surface area contributed by atoms with Crippen molar-refractivity contribution in [2.45, 2.75) is 6.92 Å². The topological polar surface area (TPSA) is 67.8 Å². The molecule has 0 aliphatic rings. The van der Waals surface area contributed by atoms with E-state index in [0.29, 0.717) is 26.8 Å². The minimum atomic E-state index is -0.546. The highest BCUT2D eigenvalue weighted by molar-refractivity contribution is 7.21. The van der Waals surface area contributed by atoms with Gasteiger partial charge in [-0.25, -0.2) is 10.2 Å². The van der Waals surface area contributed by atoms with Gasteiger partial charge in [-0.2, -0.15) is 5.10 Å². The van der Waals surface area contributed by atoms with Gasteiger partial charge in [-0.05, 0) is 37.3 Å². The molecule has 1 heterocycles. The van der Waals surface area contributed by atoms with Crippen molar-refractivity contribution in [3.8, 4) is 5.75 Å². The Bertz CT molecular complexity index is 1310. The van der Waals surface area contributed by atoms with Gasteiger partial charge >= 0.3 is 5.97 Å². The van der Waals surface area contributed by atoms with Crippen LogP contribution in [0, 0.1) is 6.92 Å². The summed E-state index contributed by atoms with van der Waals surface area (Å²) in [5.41, 5.74) is 4.51. The number of hydrogen-bond acceptors (Lipinski definition) is 5. The number of nitrogens with zero attached hydrogens (tertiary/aromatic N) is 1. The number of nitrogens with one attached hydrogen (secondary N) is 1. The average molecular weight is 449 g/mol. The first kappa shape index (κ1) is 20.8. The molecule has 0 unspecified atom stereocenters. The molecule has 1 N–H and O–H groups in total. The van der Waals surface area contributed by atoms with Gasteiger partial charge in [0.15, 0.2) is 0 Å². The summed E-state index contributed by atoms with van der Waals surface area (Å²) in [4.78, 5) is 25.3. The van der Waals surface area contributed by atoms with Crippen LogP contribution in [0.3, 0.4) is 0 Å². The van der Waals surface area contributed by atoms with Crippen LogP contribution in [0.2, 0.25) is 5.02 Å². The molecule has 3 aromatic carbocycles. The minimum Gasteiger partial charge on any atom is -0.422 e. The molecule has 0 aliphatic heterocycles. The number of carbonyl (C=O) groups is 2. The van der Waals surface area contributed by atoms with E-state index in [-0.39, 0.29) is 5.91 Å². The highest BCUT2D eigenvalue weighted by Gasteiger charge is 2.19. The molecule has 0 bridgehead atoms. The third-order valence-corrected chi connectivity index (χ3v) is 6.15. The number of aryl methyl sites for hydroxylation is 1. The van der Waals surface area contributed by atoms with E-state index in [1.165, 1.54) is 17.6 Å². The lowest BCUT2D eigenvalue weighted by molar-refractivity contribution is 0.0739. The monoisotopic (exact) mass is 448 g/mol. The summed E-state index contributed by atoms with van der Waals surface area (Å²) >= 11 is 7.66. The number of fused-ring (bicyclic) bond motifs is 1. The van der Waals surface area contributed by atoms with E-state index in [9.17, 15) is 9.59 Å². The molecule has 0 atom stereocenters. The Morgan fingerprint density at radius 2 is 1.81 bits per heavy atom. The summed E-state index contributed by atoms with van der Waals surface area (Å²) in [5.74, 6) is -0.558. The first-order chi connectivity index (χ1) is 15.0. The molecule has 0 fully saturated rings. The molecule has 0 spiro atoms. The third-order valence-electron chi connectivity index (χ3n) is 4.49. The predicted octanol–water partition coefficient (Wildman–Crippen LogP) is 5.85. The number of thiophene rings is 1. The van der Waals surface area contributed by atoms with Crippen molar-refractivity contribution in [1.82, 2.24) is 5.43 Å². The number of ether oxygens (including phenoxy) is 1. The highest BCUT2D eigenvalue weighted by Crippen LogP contribution is 2.35. The zero-order valence-electron chi connectivity index (χ0n) is 16.5. The molecule has 0 saturated heterocycles. The van der Waals surface area contributed by atoms with E-state index in [1.807, 2.05) is 43.3 Å². The molecule has 7 heteroatoms. The molecule has 0 aliphatic carbocycles. The molecule has 0 saturated carbocycles. The van der Waals surface area contributed by atoms with Crippen molar-refractivity contribution in [1.29, 1.82) is 0 Å². The Morgan fingerprint density at radius 1 is 1.03 bits per heavy atom. The van der Waals surface area contributed by atoms with Gasteiger partial charge in [-0.3, -0.25) is 4.79 Å². The second-order valence-corrected chi connectivity index (χ2v) is 8.17. The molecule has 0 radical (unpaired) electrons. The van der Waals surface area contributed by atoms with Gasteiger partial charge in [0, 0.05) is 21.2 Å². The quantitative estimate of drug-likeness (QED) is 0.180. The van der Waals surface area contributed by atoms with Crippen LogP contribution in [0.25, 0.3) is 10.1 Å². The van der Waals surface area contributed by atoms with Crippen LogP contribution in [0.5, 0.6) is 5.75 Å². The fraction of sp³-hybridized carbons (Fsp3) is 0.0417. The lowest BCUT2D eigenvalue weighted by Gasteiger charge is -2.06. The van der Waals surface area contributed by atoms with Gasteiger partial charge in [0.05, 0.1) is 11.2 Å². The third kappa shape index (κ3) is 4.66. The smallest absolute Gasteiger partial charge is 0.355 e. The Balaban J connectivity index is 1.50. The van der Waals surface area contributed by atoms with Crippen molar-refractivity contribution in [2.75, 3.05) is 0 Å². The summed E-state index contributed by atoms with van der Waals surface area (Å²) in [7, 11) is 0. The maximum Gasteiger partial charge on any atom is 0.355 e. The SMILES string of the molecule is Cc1cccc(C(=O)N/N=C\c2ccccc2OC(=O)c2sc3ccccc3c2Cl)c1. The van der Waals surface area contributed by atoms with E-state index in [1.54, 1.807) is 36.4 Å². The number of amides is 1. The fourth-order valence-corrected chi connectivity index (χ4v) is 4.37. The van der Waals surface area contributed by atoms with Crippen LogP contribution in [0.15, 0.2) is 77.9 Å². The van der Waals surface area contributed by atoms with Crippen molar-refractivity contribution in [2.24, 2.45) is 5.10 Å². The van der Waals surface area contributed by atoms with Crippen molar-refractivity contribution >= 4 is 51.1 Å². The Hall–Kier alpha value is -3.48. The number of rotatable bonds is 5. The average Bonchev–Trinajstić information content (AvgIpc) is 3.12. The molecule has 5 nitrogen and oxygen atoms in total. The normalized spacial score (nSPS) is 11.0. The van der Waals surface area contributed by atoms with Gasteiger partial charge in [-0.1, -0.05) is 59.6 Å². The maximum absolute atomic E-state index is 12.7. The van der Waals surface area contributed by atoms with E-state index >= 15 is 0 Å². The number of esters is 1. The molecular formula is C24H17ClN2O3S. The van der Waals surface area contributed by atoms with Crippen LogP contribution >= 0.6 is 22.9 Å². The van der Waals surface area contributed by atoms with E-state index in [0.717, 1.165) is 15.6 Å². The van der Waals surface area contributed by atoms with Crippen molar-refractivity contribution < 1.29 is 14.3 Å². The lowest BCUT2D eigenvalue weighted by Crippen LogP contribution is -2.17. The summed E-state index contributed by atoms with van der Waals surface area (Å²) in [6.07, 6.45) is 1.43. The molecule has 4 rings (SSSR count). The number of hydrogen-bond donors (Lipinski definition) is 1. The standard InChI is InChI=1S/C24H17ClN2O3S/c1-15-7-6-9-16(13-15)23(28)27-26-14-17-8-2-4-11-19(17)30-24(29)22-21(25)18-10-3-5-12-20(18)31-22/h2-14H,1H3,(H,27,28)/b26-14-. The Morgan fingerprint density at radius 3 is 2.61 bits per heavy atom. The summed E-state index contributed by atoms with van der Waals surface area (Å²) in [6, 6.07) is 21.6. The molecular weight excluding hydrogens is 432 g/mol. The van der Waals surface area contributed by atoms with Gasteiger partial charge in [0.2, 0.25) is 0 Å². The van der Waals surface area contributed by atoms with Crippen LogP contribution in [-0.2, 0) is 0 Å². The zero-order valence-corrected chi connectivity index (χ0v) is 18.0. The molecule has 154 valence electrons. The number of hydrazone groups is 1. The van der Waals surface area contributed by atoms with Gasteiger partial charge in [-0.15, -0.1) is 11.3 Å². The van der Waals surface area contributed by atoms with Crippen molar-refractivity contribution in [3.63, 3.8) is 0 Å². The minimum absolute atomic E-state index is 0.314. The molecule has 1 amide bonds. The second kappa shape index (κ2) is 9.12. The lowest BCUT2D eigenvalue weighted by atomic mass is 10.1. The van der Waals surface area contributed by atoms with E-state index < -0.39 is 5.97 Å². The van der Waals surface area contributed by atoms with Crippen LogP contribution in [-0.4, -0.2) is 18.1 Å². The molecule has 4 aromatic rings. The fourth-order valence-electron chi connectivity index (χ4n) is 2.98. The van der Waals surface area contributed by atoms with Gasteiger partial charge in [0.25, 0.3) is 5.91 Å². The molecule has 31 heavy (non-hydrogen) atoms. The van der Waals surface area contributed by atoms with Gasteiger partial charge in [0.1, 0.15) is 10.6 Å². The summed E-state index contributed by atoms with van der Waals surface area (Å²) in [6.45, 7) is 1.91. The molecule has 1 aromatic heterocycles. The van der Waals surface area contributed by atoms with Crippen LogP contribution in [0.4, 0.5) is 0 Å². The second-order valence-electron chi connectivity index (χ2n) is 6.74. The summed E-state index contributed by atoms with van der Waals surface area (Å²) in [5, 5.41) is 5.19. The van der Waals surface area contributed by atoms with E-state index in [2.05, 4.69) is 10.5 Å². The zero-order chi connectivity index (χ0) is 21.8. The number of para-hydroxylation sites is 1. The predicted molar refractivity (Wildman–Crippen MR) is 124 cm³/mol. The summed E-state index contributed by atoms with van der Waals surface area (Å²) < 4.78 is 6.49. The van der Waals surface area contributed by atoms with Gasteiger partial charge < -0.3 is 4.74 Å². The van der Waals surface area contributed by atoms with Crippen LogP contribution in [0.1, 0.15) is 31.2 Å². The first-order valence-electron chi connectivity index (χ1n) is 9.41. The highest BCUT2D eigenvalue weighted by atomic mass is 35.5. The largest absolute Gasteiger partial charge is 0.422 e. The van der Waals surface area contributed by atoms with Crippen LogP contribution < -0.4 is 10.2 Å². The maximum atomic E-state index is 12.7. The Kier molecular flexibility index (Phi) is 6.11. The number of benzene rings is 3. The number of halogens is 1. The first-order valence-corrected chi connectivity index (χ1v) is 10.6. The van der Waals surface area contributed by atoms with Crippen molar-refractivity contribution in [3.05, 3.63) is 99.4 Å². The Labute approximate surface area is 187 Å². The van der Waals surface area contributed by atoms with E-state index in [4.69, 9.17) is 16.3 Å².